The quantitative estimate of drug-likeness (QED) is 0.386. The van der Waals surface area contributed by atoms with Crippen molar-refractivity contribution in [3.8, 4) is 0 Å². The second kappa shape index (κ2) is 6.37. The highest BCUT2D eigenvalue weighted by Crippen LogP contribution is 2.03. The van der Waals surface area contributed by atoms with Crippen molar-refractivity contribution in [2.45, 2.75) is 39.1 Å². The predicted octanol–water partition coefficient (Wildman–Crippen LogP) is -0.263. The van der Waals surface area contributed by atoms with E-state index in [1.54, 1.807) is 18.7 Å². The van der Waals surface area contributed by atoms with E-state index in [9.17, 15) is 10.2 Å². The minimum Gasteiger partial charge on any atom is -0.396 e. The van der Waals surface area contributed by atoms with Gasteiger partial charge in [0.2, 0.25) is 0 Å². The summed E-state index contributed by atoms with van der Waals surface area (Å²) in [5.74, 6) is 0. The molecule has 12 heavy (non-hydrogen) atoms. The zero-order valence-corrected chi connectivity index (χ0v) is 7.77. The summed E-state index contributed by atoms with van der Waals surface area (Å²) in [7, 11) is 0. The fourth-order valence-corrected chi connectivity index (χ4v) is 1.09. The van der Waals surface area contributed by atoms with Gasteiger partial charge in [-0.3, -0.25) is 4.90 Å². The molecule has 3 N–H and O–H groups in total. The Labute approximate surface area is 73.4 Å². The van der Waals surface area contributed by atoms with E-state index < -0.39 is 12.5 Å². The maximum absolute atomic E-state index is 9.19. The number of unbranched alkanes of at least 4 members (excludes halogenated alkanes) is 1. The second-order valence-electron chi connectivity index (χ2n) is 2.93. The first-order chi connectivity index (χ1) is 5.59. The van der Waals surface area contributed by atoms with Crippen LogP contribution in [-0.4, -0.2) is 45.8 Å². The fourth-order valence-electron chi connectivity index (χ4n) is 1.09. The molecule has 0 heterocycles. The molecule has 0 radical (unpaired) electrons. The molecule has 0 aromatic carbocycles. The Morgan fingerprint density at radius 1 is 1.08 bits per heavy atom. The van der Waals surface area contributed by atoms with Crippen molar-refractivity contribution in [1.82, 2.24) is 4.90 Å². The van der Waals surface area contributed by atoms with Crippen LogP contribution in [0.4, 0.5) is 0 Å². The summed E-state index contributed by atoms with van der Waals surface area (Å²) in [5, 5.41) is 26.9. The zero-order valence-electron chi connectivity index (χ0n) is 7.77. The third kappa shape index (κ3) is 4.66. The first-order valence-electron chi connectivity index (χ1n) is 4.32. The molecule has 0 aromatic rings. The lowest BCUT2D eigenvalue weighted by Crippen LogP contribution is -2.40. The molecule has 2 atom stereocenters. The normalized spacial score (nSPS) is 16.5. The second-order valence-corrected chi connectivity index (χ2v) is 2.93. The van der Waals surface area contributed by atoms with Gasteiger partial charge in [-0.15, -0.1) is 0 Å². The van der Waals surface area contributed by atoms with E-state index in [0.29, 0.717) is 13.0 Å². The van der Waals surface area contributed by atoms with Crippen LogP contribution >= 0.6 is 0 Å². The molecule has 0 spiro atoms. The summed E-state index contributed by atoms with van der Waals surface area (Å²) in [4.78, 5) is 1.57. The van der Waals surface area contributed by atoms with Gasteiger partial charge >= 0.3 is 0 Å². The lowest BCUT2D eigenvalue weighted by atomic mass is 10.3. The van der Waals surface area contributed by atoms with Gasteiger partial charge in [-0.25, -0.2) is 0 Å². The predicted molar refractivity (Wildman–Crippen MR) is 46.4 cm³/mol. The number of rotatable bonds is 6. The summed E-state index contributed by atoms with van der Waals surface area (Å²) >= 11 is 0. The van der Waals surface area contributed by atoms with Gasteiger partial charge in [0.25, 0.3) is 0 Å². The Bertz CT molecular complexity index is 98.5. The van der Waals surface area contributed by atoms with E-state index in [0.717, 1.165) is 6.42 Å². The SMILES string of the molecule is CC(O)N(CCCCO)C(C)O. The van der Waals surface area contributed by atoms with Crippen molar-refractivity contribution < 1.29 is 15.3 Å². The van der Waals surface area contributed by atoms with Gasteiger partial charge < -0.3 is 15.3 Å². The monoisotopic (exact) mass is 177 g/mol. The van der Waals surface area contributed by atoms with E-state index in [1.165, 1.54) is 0 Å². The average molecular weight is 177 g/mol. The van der Waals surface area contributed by atoms with Crippen LogP contribution in [0, 0.1) is 0 Å². The van der Waals surface area contributed by atoms with Gasteiger partial charge in [-0.1, -0.05) is 0 Å². The van der Waals surface area contributed by atoms with Gasteiger partial charge in [0.05, 0.1) is 0 Å². The van der Waals surface area contributed by atoms with Crippen LogP contribution in [0.15, 0.2) is 0 Å². The minimum atomic E-state index is -0.635. The highest BCUT2D eigenvalue weighted by atomic mass is 16.3. The standard InChI is InChI=1S/C8H19NO3/c1-7(11)9(8(2)12)5-3-4-6-10/h7-8,10-12H,3-6H2,1-2H3. The van der Waals surface area contributed by atoms with Gasteiger partial charge in [0, 0.05) is 13.2 Å². The third-order valence-corrected chi connectivity index (χ3v) is 1.78. The third-order valence-electron chi connectivity index (χ3n) is 1.78. The van der Waals surface area contributed by atoms with Crippen molar-refractivity contribution in [3.63, 3.8) is 0 Å². The van der Waals surface area contributed by atoms with Crippen LogP contribution in [0.3, 0.4) is 0 Å². The Kier molecular flexibility index (Phi) is 6.28. The molecule has 0 aliphatic rings. The van der Waals surface area contributed by atoms with Gasteiger partial charge in [0.1, 0.15) is 12.5 Å². The fraction of sp³-hybridized carbons (Fsp3) is 1.00. The van der Waals surface area contributed by atoms with Gasteiger partial charge in [-0.2, -0.15) is 0 Å². The molecule has 0 aliphatic carbocycles. The smallest absolute Gasteiger partial charge is 0.106 e. The number of aliphatic hydroxyl groups is 3. The first-order valence-corrected chi connectivity index (χ1v) is 4.32. The van der Waals surface area contributed by atoms with Crippen molar-refractivity contribution >= 4 is 0 Å². The number of hydrogen-bond donors (Lipinski definition) is 3. The molecule has 0 rings (SSSR count). The van der Waals surface area contributed by atoms with E-state index in [2.05, 4.69) is 0 Å². The molecule has 0 fully saturated rings. The highest BCUT2D eigenvalue weighted by Gasteiger charge is 2.14. The summed E-state index contributed by atoms with van der Waals surface area (Å²) in [6.45, 7) is 4.00. The van der Waals surface area contributed by atoms with E-state index >= 15 is 0 Å². The van der Waals surface area contributed by atoms with Crippen LogP contribution in [0.5, 0.6) is 0 Å². The van der Waals surface area contributed by atoms with Crippen molar-refractivity contribution in [1.29, 1.82) is 0 Å². The van der Waals surface area contributed by atoms with Crippen LogP contribution in [0.25, 0.3) is 0 Å². The van der Waals surface area contributed by atoms with Gasteiger partial charge in [0.15, 0.2) is 0 Å². The number of hydrogen-bond acceptors (Lipinski definition) is 4. The molecule has 4 nitrogen and oxygen atoms in total. The zero-order chi connectivity index (χ0) is 9.56. The molecule has 0 saturated carbocycles. The van der Waals surface area contributed by atoms with Crippen molar-refractivity contribution in [2.24, 2.45) is 0 Å². The largest absolute Gasteiger partial charge is 0.396 e. The number of aliphatic hydroxyl groups excluding tert-OH is 3. The van der Waals surface area contributed by atoms with Crippen LogP contribution in [-0.2, 0) is 0 Å². The van der Waals surface area contributed by atoms with Crippen LogP contribution in [0.1, 0.15) is 26.7 Å². The topological polar surface area (TPSA) is 63.9 Å². The van der Waals surface area contributed by atoms with Crippen LogP contribution in [0.2, 0.25) is 0 Å². The highest BCUT2D eigenvalue weighted by molar-refractivity contribution is 4.58. The molecule has 74 valence electrons. The maximum Gasteiger partial charge on any atom is 0.106 e. The molecule has 0 aliphatic heterocycles. The lowest BCUT2D eigenvalue weighted by molar-refractivity contribution is -0.0847. The Hall–Kier alpha value is -0.160. The lowest BCUT2D eigenvalue weighted by Gasteiger charge is -2.27. The van der Waals surface area contributed by atoms with Crippen LogP contribution < -0.4 is 0 Å². The molecule has 0 bridgehead atoms. The Morgan fingerprint density at radius 3 is 1.92 bits per heavy atom. The maximum atomic E-state index is 9.19. The van der Waals surface area contributed by atoms with Crippen molar-refractivity contribution in [2.75, 3.05) is 13.2 Å². The van der Waals surface area contributed by atoms with Gasteiger partial charge in [-0.05, 0) is 26.7 Å². The van der Waals surface area contributed by atoms with Crippen molar-refractivity contribution in [3.05, 3.63) is 0 Å². The molecular weight excluding hydrogens is 158 g/mol. The summed E-state index contributed by atoms with van der Waals surface area (Å²) < 4.78 is 0. The minimum absolute atomic E-state index is 0.160. The Balaban J connectivity index is 3.64. The molecule has 2 unspecified atom stereocenters. The Morgan fingerprint density at radius 2 is 1.58 bits per heavy atom. The molecular formula is C8H19NO3. The first kappa shape index (κ1) is 11.8. The average Bonchev–Trinajstić information content (AvgIpc) is 1.96. The van der Waals surface area contributed by atoms with E-state index in [4.69, 9.17) is 5.11 Å². The van der Waals surface area contributed by atoms with E-state index in [1.807, 2.05) is 0 Å². The number of nitrogens with zero attached hydrogens (tertiary/aromatic N) is 1. The summed E-state index contributed by atoms with van der Waals surface area (Å²) in [5.41, 5.74) is 0. The molecule has 4 heteroatoms. The molecule has 0 saturated heterocycles. The summed E-state index contributed by atoms with van der Waals surface area (Å²) in [6, 6.07) is 0. The molecule has 0 aromatic heterocycles. The summed E-state index contributed by atoms with van der Waals surface area (Å²) in [6.07, 6.45) is 0.217. The van der Waals surface area contributed by atoms with E-state index in [-0.39, 0.29) is 6.61 Å². The molecule has 0 amide bonds.